The van der Waals surface area contributed by atoms with Gasteiger partial charge in [-0.05, 0) is 24.3 Å². The Hall–Kier alpha value is -1.87. The van der Waals surface area contributed by atoms with Crippen molar-refractivity contribution < 1.29 is 16.5 Å². The Morgan fingerprint density at radius 3 is 0.765 bits per heavy atom. The third-order valence-electron chi connectivity index (χ3n) is 1.85. The van der Waals surface area contributed by atoms with E-state index in [1.54, 1.807) is 48.6 Å². The first-order valence-corrected chi connectivity index (χ1v) is 4.65. The third-order valence-corrected chi connectivity index (χ3v) is 1.85. The van der Waals surface area contributed by atoms with Gasteiger partial charge in [0, 0.05) is 16.5 Å². The second-order valence-electron chi connectivity index (χ2n) is 3.09. The molecule has 5 heteroatoms. The average molecular weight is 271 g/mol. The van der Waals surface area contributed by atoms with Gasteiger partial charge in [-0.15, -0.1) is 0 Å². The van der Waals surface area contributed by atoms with Gasteiger partial charge in [0.15, 0.2) is 0 Å². The van der Waals surface area contributed by atoms with Gasteiger partial charge in [-0.3, -0.25) is 21.6 Å². The number of nitrogens with one attached hydrogen (secondary N) is 4. The van der Waals surface area contributed by atoms with Crippen LogP contribution in [0.25, 0.3) is 0 Å². The molecule has 0 fully saturated rings. The molecule has 4 N–H and O–H groups in total. The maximum absolute atomic E-state index is 7.03. The Morgan fingerprint density at radius 2 is 0.647 bits per heavy atom. The van der Waals surface area contributed by atoms with E-state index >= 15 is 0 Å². The number of hydrogen-bond donors (Lipinski definition) is 4. The molecule has 17 heavy (non-hydrogen) atoms. The maximum atomic E-state index is 7.03. The minimum Gasteiger partial charge on any atom is -0.299 e. The van der Waals surface area contributed by atoms with Crippen molar-refractivity contribution in [1.82, 2.24) is 0 Å². The van der Waals surface area contributed by atoms with Crippen LogP contribution in [0.1, 0.15) is 0 Å². The molecule has 0 radical (unpaired) electrons. The number of hydrogen-bond acceptors (Lipinski definition) is 4. The summed E-state index contributed by atoms with van der Waals surface area (Å²) in [7, 11) is 0. The molecule has 2 aliphatic rings. The minimum atomic E-state index is 0. The summed E-state index contributed by atoms with van der Waals surface area (Å²) in [5.74, 6) is 0. The molecular weight excluding hydrogens is 259 g/mol. The van der Waals surface area contributed by atoms with E-state index in [0.29, 0.717) is 0 Å². The standard InChI is InChI=1S/2C6H6N2.Ni/c2*7-5-3-1-2-4-6(5)8;/h2*1-4,7-8H;. The zero-order valence-corrected chi connectivity index (χ0v) is 9.92. The molecule has 90 valence electrons. The van der Waals surface area contributed by atoms with Crippen LogP contribution >= 0.6 is 0 Å². The Balaban J connectivity index is 0.000000284. The van der Waals surface area contributed by atoms with Crippen LogP contribution < -0.4 is 0 Å². The van der Waals surface area contributed by atoms with E-state index < -0.39 is 0 Å². The van der Waals surface area contributed by atoms with E-state index in [2.05, 4.69) is 0 Å². The first-order valence-electron chi connectivity index (χ1n) is 4.65. The molecule has 0 aromatic rings. The van der Waals surface area contributed by atoms with Crippen molar-refractivity contribution in [2.45, 2.75) is 0 Å². The molecule has 2 aliphatic carbocycles. The molecule has 0 bridgehead atoms. The fraction of sp³-hybridized carbons (Fsp3) is 0. The second kappa shape index (κ2) is 7.41. The molecule has 0 aromatic heterocycles. The minimum absolute atomic E-state index is 0. The molecule has 0 amide bonds. The predicted octanol–water partition coefficient (Wildman–Crippen LogP) is 2.30. The number of rotatable bonds is 0. The van der Waals surface area contributed by atoms with E-state index in [-0.39, 0.29) is 39.3 Å². The third kappa shape index (κ3) is 5.13. The molecule has 0 aliphatic heterocycles. The summed E-state index contributed by atoms with van der Waals surface area (Å²) in [5, 5.41) is 28.1. The second-order valence-corrected chi connectivity index (χ2v) is 3.09. The average Bonchev–Trinajstić information content (AvgIpc) is 2.28. The van der Waals surface area contributed by atoms with Gasteiger partial charge in [0.25, 0.3) is 0 Å². The summed E-state index contributed by atoms with van der Waals surface area (Å²) in [4.78, 5) is 0. The van der Waals surface area contributed by atoms with Crippen molar-refractivity contribution in [3.8, 4) is 0 Å². The van der Waals surface area contributed by atoms with Gasteiger partial charge >= 0.3 is 0 Å². The predicted molar refractivity (Wildman–Crippen MR) is 67.5 cm³/mol. The van der Waals surface area contributed by atoms with Gasteiger partial charge in [0.2, 0.25) is 0 Å². The molecule has 2 rings (SSSR count). The summed E-state index contributed by atoms with van der Waals surface area (Å²) in [6.07, 6.45) is 13.4. The van der Waals surface area contributed by atoms with E-state index in [9.17, 15) is 0 Å². The summed E-state index contributed by atoms with van der Waals surface area (Å²) in [6, 6.07) is 0. The van der Waals surface area contributed by atoms with E-state index in [1.165, 1.54) is 0 Å². The van der Waals surface area contributed by atoms with Crippen LogP contribution in [0.5, 0.6) is 0 Å². The summed E-state index contributed by atoms with van der Waals surface area (Å²) >= 11 is 0. The van der Waals surface area contributed by atoms with E-state index in [4.69, 9.17) is 21.6 Å². The zero-order chi connectivity index (χ0) is 12.0. The van der Waals surface area contributed by atoms with Gasteiger partial charge in [0.1, 0.15) is 0 Å². The zero-order valence-electron chi connectivity index (χ0n) is 8.94. The van der Waals surface area contributed by atoms with Gasteiger partial charge in [-0.1, -0.05) is 24.3 Å². The molecule has 0 aromatic carbocycles. The molecule has 4 nitrogen and oxygen atoms in total. The van der Waals surface area contributed by atoms with E-state index in [1.807, 2.05) is 0 Å². The number of allylic oxidation sites excluding steroid dienone is 8. The van der Waals surface area contributed by atoms with Crippen molar-refractivity contribution >= 4 is 22.8 Å². The monoisotopic (exact) mass is 270 g/mol. The summed E-state index contributed by atoms with van der Waals surface area (Å²) in [6.45, 7) is 0. The Kier molecular flexibility index (Phi) is 6.60. The Morgan fingerprint density at radius 1 is 0.471 bits per heavy atom. The fourth-order valence-corrected chi connectivity index (χ4v) is 0.966. The molecule has 0 atom stereocenters. The van der Waals surface area contributed by atoms with Gasteiger partial charge < -0.3 is 0 Å². The maximum Gasteiger partial charge on any atom is 0.0789 e. The Bertz CT molecular complexity index is 379. The van der Waals surface area contributed by atoms with Crippen molar-refractivity contribution in [1.29, 1.82) is 21.6 Å². The topological polar surface area (TPSA) is 95.4 Å². The van der Waals surface area contributed by atoms with Crippen molar-refractivity contribution in [2.75, 3.05) is 0 Å². The quantitative estimate of drug-likeness (QED) is 0.384. The van der Waals surface area contributed by atoms with Crippen LogP contribution in [0.3, 0.4) is 0 Å². The van der Waals surface area contributed by atoms with Crippen LogP contribution in [0.4, 0.5) is 0 Å². The largest absolute Gasteiger partial charge is 0.299 e. The molecule has 0 saturated heterocycles. The van der Waals surface area contributed by atoms with Crippen molar-refractivity contribution in [3.05, 3.63) is 48.6 Å². The smallest absolute Gasteiger partial charge is 0.0789 e. The fourth-order valence-electron chi connectivity index (χ4n) is 0.966. The normalized spacial score (nSPS) is 16.5. The van der Waals surface area contributed by atoms with Gasteiger partial charge in [-0.2, -0.15) is 0 Å². The molecule has 0 heterocycles. The van der Waals surface area contributed by atoms with Crippen LogP contribution in [-0.2, 0) is 16.5 Å². The van der Waals surface area contributed by atoms with Crippen LogP contribution in [0.2, 0.25) is 0 Å². The summed E-state index contributed by atoms with van der Waals surface area (Å²) < 4.78 is 0. The first-order chi connectivity index (χ1) is 7.61. The van der Waals surface area contributed by atoms with E-state index in [0.717, 1.165) is 0 Å². The SMILES string of the molecule is N=C1C=CC=CC1=N.N=C1C=CC=CC1=N.[Ni]. The Labute approximate surface area is 110 Å². The summed E-state index contributed by atoms with van der Waals surface area (Å²) in [5.41, 5.74) is 1.14. The molecule has 0 spiro atoms. The molecular formula is C12H12N4Ni. The first kappa shape index (κ1) is 15.1. The van der Waals surface area contributed by atoms with Crippen molar-refractivity contribution in [3.63, 3.8) is 0 Å². The van der Waals surface area contributed by atoms with Gasteiger partial charge in [0.05, 0.1) is 22.8 Å². The van der Waals surface area contributed by atoms with Gasteiger partial charge in [-0.25, -0.2) is 0 Å². The van der Waals surface area contributed by atoms with Crippen LogP contribution in [0, 0.1) is 21.6 Å². The van der Waals surface area contributed by atoms with Crippen LogP contribution in [-0.4, -0.2) is 22.8 Å². The van der Waals surface area contributed by atoms with Crippen LogP contribution in [0.15, 0.2) is 48.6 Å². The molecule has 0 saturated carbocycles. The van der Waals surface area contributed by atoms with Crippen molar-refractivity contribution in [2.24, 2.45) is 0 Å². The molecule has 0 unspecified atom stereocenters.